The lowest BCUT2D eigenvalue weighted by molar-refractivity contribution is -0.131. The van der Waals surface area contributed by atoms with Crippen LogP contribution in [0.1, 0.15) is 56.9 Å². The number of para-hydroxylation sites is 1. The van der Waals surface area contributed by atoms with Gasteiger partial charge in [-0.1, -0.05) is 87.5 Å². The van der Waals surface area contributed by atoms with Crippen LogP contribution in [0.15, 0.2) is 103 Å². The van der Waals surface area contributed by atoms with Crippen molar-refractivity contribution in [3.63, 3.8) is 0 Å². The molecular formula is C36H40FNO3Si. The van der Waals surface area contributed by atoms with Gasteiger partial charge in [0.2, 0.25) is 5.91 Å². The molecule has 1 N–H and O–H groups in total. The number of carbonyl (C=O) groups is 1. The number of rotatable bonds is 9. The molecule has 0 bridgehead atoms. The number of nitrogens with zero attached hydrogens (tertiary/aromatic N) is 1. The van der Waals surface area contributed by atoms with Crippen molar-refractivity contribution >= 4 is 19.9 Å². The Morgan fingerprint density at radius 3 is 2.17 bits per heavy atom. The highest BCUT2D eigenvalue weighted by atomic mass is 28.4. The van der Waals surface area contributed by atoms with Crippen LogP contribution < -0.4 is 4.90 Å². The van der Waals surface area contributed by atoms with Crippen LogP contribution in [-0.4, -0.2) is 19.3 Å². The molecule has 1 heterocycles. The molecule has 1 fully saturated rings. The number of phenols is 1. The molecule has 0 saturated carbocycles. The molecule has 4 aromatic rings. The topological polar surface area (TPSA) is 49.8 Å². The normalized spacial score (nSPS) is 18.0. The summed E-state index contributed by atoms with van der Waals surface area (Å²) in [5.41, 5.74) is 4.83. The second-order valence-corrected chi connectivity index (χ2v) is 17.5. The van der Waals surface area contributed by atoms with E-state index in [4.69, 9.17) is 4.43 Å². The highest BCUT2D eigenvalue weighted by Gasteiger charge is 2.49. The second-order valence-electron chi connectivity index (χ2n) is 12.8. The van der Waals surface area contributed by atoms with Crippen LogP contribution in [0.3, 0.4) is 0 Å². The summed E-state index contributed by atoms with van der Waals surface area (Å²) in [6.07, 6.45) is 1.09. The fourth-order valence-electron chi connectivity index (χ4n) is 5.48. The maximum absolute atomic E-state index is 13.8. The summed E-state index contributed by atoms with van der Waals surface area (Å²) in [6, 6.07) is 31.8. The number of aromatic hydroxyl groups is 1. The number of hydrogen-bond acceptors (Lipinski definition) is 3. The Bertz CT molecular complexity index is 1510. The molecule has 218 valence electrons. The number of amides is 1. The smallest absolute Gasteiger partial charge is 0.233 e. The molecule has 1 amide bonds. The maximum atomic E-state index is 13.8. The molecule has 3 atom stereocenters. The van der Waals surface area contributed by atoms with Crippen LogP contribution in [0.5, 0.6) is 5.75 Å². The largest absolute Gasteiger partial charge is 0.508 e. The van der Waals surface area contributed by atoms with Crippen molar-refractivity contribution in [1.82, 2.24) is 0 Å². The van der Waals surface area contributed by atoms with Gasteiger partial charge in [0.1, 0.15) is 11.6 Å². The van der Waals surface area contributed by atoms with Crippen LogP contribution in [0, 0.1) is 11.7 Å². The third kappa shape index (κ3) is 6.20. The molecule has 4 aromatic carbocycles. The Hall–Kier alpha value is -3.74. The van der Waals surface area contributed by atoms with E-state index in [1.807, 2.05) is 59.5 Å². The van der Waals surface area contributed by atoms with Gasteiger partial charge < -0.3 is 14.4 Å². The Morgan fingerprint density at radius 1 is 0.881 bits per heavy atom. The highest BCUT2D eigenvalue weighted by molar-refractivity contribution is 6.74. The fourth-order valence-corrected chi connectivity index (χ4v) is 6.80. The number of hydrogen-bond donors (Lipinski definition) is 1. The second kappa shape index (κ2) is 11.9. The van der Waals surface area contributed by atoms with Crippen molar-refractivity contribution in [2.45, 2.75) is 63.9 Å². The minimum absolute atomic E-state index is 0.0154. The third-order valence-corrected chi connectivity index (χ3v) is 13.4. The Kier molecular flexibility index (Phi) is 8.40. The Balaban J connectivity index is 1.43. The van der Waals surface area contributed by atoms with Gasteiger partial charge in [0.05, 0.1) is 18.1 Å². The summed E-state index contributed by atoms with van der Waals surface area (Å²) in [7, 11) is -2.14. The van der Waals surface area contributed by atoms with Crippen LogP contribution in [0.25, 0.3) is 11.1 Å². The number of anilines is 1. The molecule has 1 saturated heterocycles. The van der Waals surface area contributed by atoms with Gasteiger partial charge in [-0.15, -0.1) is 0 Å². The van der Waals surface area contributed by atoms with E-state index in [1.54, 1.807) is 12.1 Å². The van der Waals surface area contributed by atoms with E-state index >= 15 is 0 Å². The Labute approximate surface area is 249 Å². The molecule has 42 heavy (non-hydrogen) atoms. The van der Waals surface area contributed by atoms with Crippen molar-refractivity contribution < 1.29 is 18.7 Å². The van der Waals surface area contributed by atoms with Crippen molar-refractivity contribution in [2.24, 2.45) is 5.92 Å². The third-order valence-electron chi connectivity index (χ3n) is 8.90. The zero-order valence-electron chi connectivity index (χ0n) is 25.1. The fraction of sp³-hybridized carbons (Fsp3) is 0.306. The van der Waals surface area contributed by atoms with Gasteiger partial charge in [-0.25, -0.2) is 4.39 Å². The molecule has 3 unspecified atom stereocenters. The SMILES string of the molecule is CC(C)(C)[Si](C)(C)OC(CCC1C(=O)N(c2ccccc2)C1c1ccc(-c2cccc(O)c2)cc1)c1ccc(F)cc1. The zero-order chi connectivity index (χ0) is 30.1. The summed E-state index contributed by atoms with van der Waals surface area (Å²) in [6.45, 7) is 11.1. The maximum Gasteiger partial charge on any atom is 0.233 e. The number of benzene rings is 4. The van der Waals surface area contributed by atoms with Gasteiger partial charge in [-0.05, 0) is 89.6 Å². The average molecular weight is 582 g/mol. The lowest BCUT2D eigenvalue weighted by atomic mass is 9.78. The quantitative estimate of drug-likeness (QED) is 0.158. The van der Waals surface area contributed by atoms with Gasteiger partial charge in [0.25, 0.3) is 0 Å². The zero-order valence-corrected chi connectivity index (χ0v) is 26.1. The predicted octanol–water partition coefficient (Wildman–Crippen LogP) is 9.45. The molecule has 0 aromatic heterocycles. The molecule has 6 heteroatoms. The summed E-state index contributed by atoms with van der Waals surface area (Å²) in [4.78, 5) is 15.6. The first-order chi connectivity index (χ1) is 19.9. The summed E-state index contributed by atoms with van der Waals surface area (Å²) >= 11 is 0. The van der Waals surface area contributed by atoms with Crippen LogP contribution >= 0.6 is 0 Å². The Morgan fingerprint density at radius 2 is 1.55 bits per heavy atom. The lowest BCUT2D eigenvalue weighted by Crippen LogP contribution is -2.55. The highest BCUT2D eigenvalue weighted by Crippen LogP contribution is 2.48. The molecular weight excluding hydrogens is 541 g/mol. The minimum Gasteiger partial charge on any atom is -0.508 e. The number of carbonyl (C=O) groups excluding carboxylic acids is 1. The number of β-lactam (4-membered cyclic amide) rings is 1. The number of halogens is 1. The van der Waals surface area contributed by atoms with Gasteiger partial charge >= 0.3 is 0 Å². The predicted molar refractivity (Wildman–Crippen MR) is 170 cm³/mol. The van der Waals surface area contributed by atoms with Gasteiger partial charge in [0.15, 0.2) is 8.32 Å². The standard InChI is InChI=1S/C36H40FNO3Si/c1-36(2,3)42(4,5)41-33(26-18-20-29(37)21-19-26)23-22-32-34(38(35(32)40)30-11-7-6-8-12-30)27-16-14-25(15-17-27)28-10-9-13-31(39)24-28/h6-21,24,32-34,39H,22-23H2,1-5H3. The van der Waals surface area contributed by atoms with Gasteiger partial charge in [0, 0.05) is 5.69 Å². The van der Waals surface area contributed by atoms with Crippen molar-refractivity contribution in [1.29, 1.82) is 0 Å². The summed E-state index contributed by atoms with van der Waals surface area (Å²) in [5.74, 6) is -0.143. The van der Waals surface area contributed by atoms with E-state index in [9.17, 15) is 14.3 Å². The molecule has 0 aliphatic carbocycles. The van der Waals surface area contributed by atoms with E-state index in [0.717, 1.165) is 27.9 Å². The molecule has 4 nitrogen and oxygen atoms in total. The summed E-state index contributed by atoms with van der Waals surface area (Å²) < 4.78 is 20.7. The molecule has 5 rings (SSSR count). The first-order valence-corrected chi connectivity index (χ1v) is 17.6. The van der Waals surface area contributed by atoms with Crippen LogP contribution in [0.4, 0.5) is 10.1 Å². The van der Waals surface area contributed by atoms with Crippen molar-refractivity contribution in [3.8, 4) is 16.9 Å². The van der Waals surface area contributed by atoms with Gasteiger partial charge in [-0.2, -0.15) is 0 Å². The van der Waals surface area contributed by atoms with Crippen molar-refractivity contribution in [3.05, 3.63) is 120 Å². The molecule has 0 spiro atoms. The average Bonchev–Trinajstić information content (AvgIpc) is 2.96. The molecule has 0 radical (unpaired) electrons. The van der Waals surface area contributed by atoms with E-state index in [0.29, 0.717) is 12.8 Å². The van der Waals surface area contributed by atoms with Gasteiger partial charge in [-0.3, -0.25) is 4.79 Å². The minimum atomic E-state index is -2.14. The van der Waals surface area contributed by atoms with Crippen LogP contribution in [0.2, 0.25) is 18.1 Å². The summed E-state index contributed by atoms with van der Waals surface area (Å²) in [5, 5.41) is 9.95. The number of phenolic OH excluding ortho intramolecular Hbond substituents is 1. The molecule has 1 aliphatic rings. The monoisotopic (exact) mass is 581 g/mol. The lowest BCUT2D eigenvalue weighted by Gasteiger charge is -2.48. The van der Waals surface area contributed by atoms with E-state index in [1.165, 1.54) is 12.1 Å². The first-order valence-electron chi connectivity index (χ1n) is 14.7. The van der Waals surface area contributed by atoms with E-state index < -0.39 is 8.32 Å². The van der Waals surface area contributed by atoms with Crippen molar-refractivity contribution in [2.75, 3.05) is 4.90 Å². The molecule has 1 aliphatic heterocycles. The van der Waals surface area contributed by atoms with E-state index in [-0.39, 0.29) is 40.6 Å². The van der Waals surface area contributed by atoms with E-state index in [2.05, 4.69) is 58.1 Å². The van der Waals surface area contributed by atoms with Crippen LogP contribution in [-0.2, 0) is 9.22 Å². The first kappa shape index (κ1) is 29.7.